The highest BCUT2D eigenvalue weighted by Gasteiger charge is 2.23. The van der Waals surface area contributed by atoms with E-state index in [1.54, 1.807) is 12.2 Å². The molecule has 1 amide bonds. The van der Waals surface area contributed by atoms with Gasteiger partial charge in [-0.2, -0.15) is 9.61 Å². The van der Waals surface area contributed by atoms with Crippen molar-refractivity contribution in [2.24, 2.45) is 0 Å². The molecule has 7 nitrogen and oxygen atoms in total. The van der Waals surface area contributed by atoms with Crippen LogP contribution in [0.2, 0.25) is 5.02 Å². The normalized spacial score (nSPS) is 16.9. The van der Waals surface area contributed by atoms with Gasteiger partial charge in [-0.05, 0) is 38.0 Å². The molecule has 8 heteroatoms. The Balaban J connectivity index is 1.31. The first-order chi connectivity index (χ1) is 16.1. The molecule has 1 aromatic carbocycles. The first-order valence-corrected chi connectivity index (χ1v) is 11.6. The Hall–Kier alpha value is -3.32. The summed E-state index contributed by atoms with van der Waals surface area (Å²) in [4.78, 5) is 19.2. The van der Waals surface area contributed by atoms with E-state index < -0.39 is 0 Å². The van der Waals surface area contributed by atoms with E-state index in [1.807, 2.05) is 58.9 Å². The maximum absolute atomic E-state index is 12.5. The average molecular weight is 464 g/mol. The molecule has 33 heavy (non-hydrogen) atoms. The van der Waals surface area contributed by atoms with Gasteiger partial charge in [-0.25, -0.2) is 4.98 Å². The zero-order valence-corrected chi connectivity index (χ0v) is 19.3. The number of nitrogens with zero attached hydrogens (tertiary/aromatic N) is 4. The number of allylic oxidation sites excluding steroid dienone is 1. The van der Waals surface area contributed by atoms with E-state index in [2.05, 4.69) is 10.4 Å². The number of hydrogen-bond acceptors (Lipinski definition) is 5. The fourth-order valence-electron chi connectivity index (χ4n) is 4.25. The van der Waals surface area contributed by atoms with Gasteiger partial charge in [-0.1, -0.05) is 29.8 Å². The molecule has 1 fully saturated rings. The number of carbonyl (C=O) groups excluding carboxylic acids is 1. The molecule has 170 valence electrons. The van der Waals surface area contributed by atoms with Crippen LogP contribution >= 0.6 is 11.6 Å². The predicted molar refractivity (Wildman–Crippen MR) is 129 cm³/mol. The maximum atomic E-state index is 12.5. The Labute approximate surface area is 197 Å². The van der Waals surface area contributed by atoms with Crippen LogP contribution in [0.3, 0.4) is 0 Å². The van der Waals surface area contributed by atoms with Gasteiger partial charge in [0.1, 0.15) is 11.6 Å². The second kappa shape index (κ2) is 9.27. The number of aryl methyl sites for hydroxylation is 1. The largest absolute Gasteiger partial charge is 0.494 e. The summed E-state index contributed by atoms with van der Waals surface area (Å²) in [6.07, 6.45) is 9.81. The van der Waals surface area contributed by atoms with Crippen molar-refractivity contribution in [1.29, 1.82) is 0 Å². The van der Waals surface area contributed by atoms with Gasteiger partial charge in [0.15, 0.2) is 5.65 Å². The summed E-state index contributed by atoms with van der Waals surface area (Å²) < 4.78 is 7.27. The van der Waals surface area contributed by atoms with Gasteiger partial charge in [0.25, 0.3) is 0 Å². The Morgan fingerprint density at radius 3 is 2.85 bits per heavy atom. The van der Waals surface area contributed by atoms with Crippen LogP contribution in [0.25, 0.3) is 16.9 Å². The van der Waals surface area contributed by atoms with Crippen LogP contribution in [-0.4, -0.2) is 51.1 Å². The van der Waals surface area contributed by atoms with Crippen molar-refractivity contribution in [3.8, 4) is 11.3 Å². The number of likely N-dealkylation sites (tertiary alicyclic amines) is 1. The molecule has 2 aromatic heterocycles. The van der Waals surface area contributed by atoms with Gasteiger partial charge >= 0.3 is 0 Å². The SMILES string of the molecule is Cc1cnn2c(NC3CCN(C(=O)/C=C/C4=CCCO4)CC3)cc(-c3ccccc3Cl)nc12. The molecule has 1 saturated heterocycles. The maximum Gasteiger partial charge on any atom is 0.246 e. The van der Waals surface area contributed by atoms with Crippen LogP contribution in [0.4, 0.5) is 5.82 Å². The molecule has 3 aromatic rings. The number of piperidine rings is 1. The van der Waals surface area contributed by atoms with Gasteiger partial charge in [0.2, 0.25) is 5.91 Å². The standard InChI is InChI=1S/C25H26ClN5O2/c1-17-16-27-31-23(15-22(29-25(17)31)20-6-2-3-7-21(20)26)28-18-10-12-30(13-11-18)24(32)9-8-19-5-4-14-33-19/h2-3,5-9,15-16,18,28H,4,10-14H2,1H3/b9-8+. The zero-order valence-electron chi connectivity index (χ0n) is 18.5. The van der Waals surface area contributed by atoms with Gasteiger partial charge < -0.3 is 15.0 Å². The molecular weight excluding hydrogens is 438 g/mol. The van der Waals surface area contributed by atoms with Gasteiger partial charge in [-0.15, -0.1) is 0 Å². The number of fused-ring (bicyclic) bond motifs is 1. The number of carbonyl (C=O) groups is 1. The summed E-state index contributed by atoms with van der Waals surface area (Å²) >= 11 is 6.44. The average Bonchev–Trinajstić information content (AvgIpc) is 3.48. The summed E-state index contributed by atoms with van der Waals surface area (Å²) in [6.45, 7) is 4.09. The lowest BCUT2D eigenvalue weighted by molar-refractivity contribution is -0.126. The molecule has 0 radical (unpaired) electrons. The lowest BCUT2D eigenvalue weighted by atomic mass is 10.0. The monoisotopic (exact) mass is 463 g/mol. The third-order valence-electron chi connectivity index (χ3n) is 6.08. The fraction of sp³-hybridized carbons (Fsp3) is 0.320. The molecule has 0 bridgehead atoms. The summed E-state index contributed by atoms with van der Waals surface area (Å²) in [5.41, 5.74) is 3.50. The van der Waals surface area contributed by atoms with Crippen molar-refractivity contribution >= 4 is 29.0 Å². The molecular formula is C25H26ClN5O2. The lowest BCUT2D eigenvalue weighted by Crippen LogP contribution is -2.42. The minimum atomic E-state index is 0.0276. The van der Waals surface area contributed by atoms with Gasteiger partial charge in [-0.3, -0.25) is 4.79 Å². The smallest absolute Gasteiger partial charge is 0.246 e. The molecule has 4 heterocycles. The first kappa shape index (κ1) is 21.5. The van der Waals surface area contributed by atoms with E-state index in [4.69, 9.17) is 21.3 Å². The van der Waals surface area contributed by atoms with Crippen LogP contribution < -0.4 is 5.32 Å². The minimum Gasteiger partial charge on any atom is -0.494 e. The molecule has 2 aliphatic rings. The van der Waals surface area contributed by atoms with E-state index in [-0.39, 0.29) is 11.9 Å². The fourth-order valence-corrected chi connectivity index (χ4v) is 4.48. The van der Waals surface area contributed by atoms with E-state index in [9.17, 15) is 4.79 Å². The number of anilines is 1. The molecule has 0 atom stereocenters. The molecule has 0 aliphatic carbocycles. The minimum absolute atomic E-state index is 0.0276. The number of hydrogen-bond donors (Lipinski definition) is 1. The van der Waals surface area contributed by atoms with Crippen LogP contribution in [0.1, 0.15) is 24.8 Å². The Bertz CT molecular complexity index is 1240. The van der Waals surface area contributed by atoms with Crippen molar-refractivity contribution < 1.29 is 9.53 Å². The predicted octanol–water partition coefficient (Wildman–Crippen LogP) is 4.62. The third-order valence-corrected chi connectivity index (χ3v) is 6.41. The number of aromatic nitrogens is 3. The highest BCUT2D eigenvalue weighted by Crippen LogP contribution is 2.30. The summed E-state index contributed by atoms with van der Waals surface area (Å²) in [6, 6.07) is 9.94. The molecule has 2 aliphatic heterocycles. The van der Waals surface area contributed by atoms with Crippen LogP contribution in [-0.2, 0) is 9.53 Å². The Morgan fingerprint density at radius 2 is 2.09 bits per heavy atom. The number of amides is 1. The lowest BCUT2D eigenvalue weighted by Gasteiger charge is -2.32. The Kier molecular flexibility index (Phi) is 6.05. The second-order valence-electron chi connectivity index (χ2n) is 8.39. The molecule has 0 saturated carbocycles. The van der Waals surface area contributed by atoms with E-state index in [0.717, 1.165) is 53.3 Å². The second-order valence-corrected chi connectivity index (χ2v) is 8.80. The molecule has 0 unspecified atom stereocenters. The van der Waals surface area contributed by atoms with E-state index in [1.165, 1.54) is 0 Å². The highest BCUT2D eigenvalue weighted by molar-refractivity contribution is 6.33. The van der Waals surface area contributed by atoms with Crippen molar-refractivity contribution in [2.75, 3.05) is 25.0 Å². The van der Waals surface area contributed by atoms with Crippen LogP contribution in [0, 0.1) is 6.92 Å². The number of benzene rings is 1. The molecule has 1 N–H and O–H groups in total. The molecule has 0 spiro atoms. The summed E-state index contributed by atoms with van der Waals surface area (Å²) in [7, 11) is 0. The topological polar surface area (TPSA) is 71.8 Å². The van der Waals surface area contributed by atoms with E-state index >= 15 is 0 Å². The van der Waals surface area contributed by atoms with Crippen molar-refractivity contribution in [2.45, 2.75) is 32.2 Å². The molecule has 5 rings (SSSR count). The van der Waals surface area contributed by atoms with Crippen molar-refractivity contribution in [3.05, 3.63) is 71.1 Å². The number of nitrogens with one attached hydrogen (secondary N) is 1. The number of ether oxygens (including phenoxy) is 1. The Morgan fingerprint density at radius 1 is 1.27 bits per heavy atom. The zero-order chi connectivity index (χ0) is 22.8. The van der Waals surface area contributed by atoms with Crippen molar-refractivity contribution in [3.63, 3.8) is 0 Å². The third kappa shape index (κ3) is 4.59. The van der Waals surface area contributed by atoms with Crippen LogP contribution in [0.5, 0.6) is 0 Å². The summed E-state index contributed by atoms with van der Waals surface area (Å²) in [5, 5.41) is 8.81. The van der Waals surface area contributed by atoms with Crippen LogP contribution in [0.15, 0.2) is 60.5 Å². The number of halogens is 1. The van der Waals surface area contributed by atoms with Gasteiger partial charge in [0, 0.05) is 53.8 Å². The van der Waals surface area contributed by atoms with Gasteiger partial charge in [0.05, 0.1) is 18.5 Å². The highest BCUT2D eigenvalue weighted by atomic mass is 35.5. The number of rotatable bonds is 5. The first-order valence-electron chi connectivity index (χ1n) is 11.3. The quantitative estimate of drug-likeness (QED) is 0.559. The van der Waals surface area contributed by atoms with Crippen molar-refractivity contribution in [1.82, 2.24) is 19.5 Å². The summed E-state index contributed by atoms with van der Waals surface area (Å²) in [5.74, 6) is 1.68. The van der Waals surface area contributed by atoms with E-state index in [0.29, 0.717) is 24.7 Å².